The summed E-state index contributed by atoms with van der Waals surface area (Å²) in [7, 11) is 1.51. The van der Waals surface area contributed by atoms with E-state index in [-0.39, 0.29) is 18.3 Å². The first-order chi connectivity index (χ1) is 22.4. The first kappa shape index (κ1) is 29.5. The summed E-state index contributed by atoms with van der Waals surface area (Å²) in [5.41, 5.74) is 7.08. The molecule has 7 rings (SSSR count). The lowest BCUT2D eigenvalue weighted by molar-refractivity contribution is -0.0589. The average Bonchev–Trinajstić information content (AvgIpc) is 3.40. The third kappa shape index (κ3) is 5.67. The highest BCUT2D eigenvalue weighted by Gasteiger charge is 2.25. The van der Waals surface area contributed by atoms with Gasteiger partial charge in [0.2, 0.25) is 5.88 Å². The van der Waals surface area contributed by atoms with Crippen molar-refractivity contribution in [1.29, 1.82) is 5.26 Å². The highest BCUT2D eigenvalue weighted by molar-refractivity contribution is 5.95. The van der Waals surface area contributed by atoms with E-state index in [2.05, 4.69) is 18.2 Å². The van der Waals surface area contributed by atoms with Crippen LogP contribution in [-0.2, 0) is 30.7 Å². The molecule has 2 aromatic heterocycles. The van der Waals surface area contributed by atoms with Gasteiger partial charge < -0.3 is 29.0 Å². The molecule has 2 aliphatic heterocycles. The minimum absolute atomic E-state index is 0.0149. The Bertz CT molecular complexity index is 2010. The third-order valence-corrected chi connectivity index (χ3v) is 8.82. The Balaban J connectivity index is 1.32. The topological polar surface area (TPSA) is 140 Å². The molecule has 0 amide bonds. The molecule has 0 saturated carbocycles. The molecule has 46 heavy (non-hydrogen) atoms. The zero-order valence-corrected chi connectivity index (χ0v) is 25.3. The molecule has 2 N–H and O–H groups in total. The van der Waals surface area contributed by atoms with Gasteiger partial charge >= 0.3 is 5.97 Å². The fraction of sp³-hybridized carbons (Fsp3) is 0.278. The van der Waals surface area contributed by atoms with Gasteiger partial charge in [-0.3, -0.25) is 0 Å². The number of ether oxygens (including phenoxy) is 3. The van der Waals surface area contributed by atoms with Gasteiger partial charge in [-0.1, -0.05) is 24.3 Å². The van der Waals surface area contributed by atoms with Gasteiger partial charge in [0.25, 0.3) is 0 Å². The summed E-state index contributed by atoms with van der Waals surface area (Å²) in [5, 5.41) is 30.7. The quantitative estimate of drug-likeness (QED) is 0.249. The maximum absolute atomic E-state index is 12.0. The van der Waals surface area contributed by atoms with Crippen molar-refractivity contribution in [3.8, 4) is 29.0 Å². The number of nitrogens with zero attached hydrogens (tertiary/aromatic N) is 4. The van der Waals surface area contributed by atoms with Gasteiger partial charge in [0.05, 0.1) is 54.3 Å². The maximum Gasteiger partial charge on any atom is 0.335 e. The molecule has 2 atom stereocenters. The lowest BCUT2D eigenvalue weighted by Crippen LogP contribution is -2.31. The molecule has 232 valence electrons. The molecule has 0 aliphatic carbocycles. The second-order valence-electron chi connectivity index (χ2n) is 11.7. The number of carbonyl (C=O) groups is 1. The van der Waals surface area contributed by atoms with E-state index in [1.807, 2.05) is 28.8 Å². The first-order valence-electron chi connectivity index (χ1n) is 15.2. The summed E-state index contributed by atoms with van der Waals surface area (Å²) in [6.07, 6.45) is 1.55. The number of hydrogen-bond acceptors (Lipinski definition) is 8. The van der Waals surface area contributed by atoms with Gasteiger partial charge in [0.15, 0.2) is 0 Å². The molecule has 3 aromatic carbocycles. The fourth-order valence-corrected chi connectivity index (χ4v) is 6.21. The number of imidazole rings is 1. The van der Waals surface area contributed by atoms with Gasteiger partial charge in [-0.15, -0.1) is 0 Å². The Kier molecular flexibility index (Phi) is 7.86. The van der Waals surface area contributed by atoms with Gasteiger partial charge in [-0.2, -0.15) is 5.26 Å². The van der Waals surface area contributed by atoms with E-state index in [0.29, 0.717) is 66.2 Å². The minimum Gasteiger partial charge on any atom is -0.494 e. The van der Waals surface area contributed by atoms with Crippen LogP contribution in [0.4, 0.5) is 0 Å². The highest BCUT2D eigenvalue weighted by Crippen LogP contribution is 2.33. The van der Waals surface area contributed by atoms with Crippen molar-refractivity contribution in [2.75, 3.05) is 13.7 Å². The van der Waals surface area contributed by atoms with E-state index in [1.54, 1.807) is 24.3 Å². The van der Waals surface area contributed by atoms with Crippen molar-refractivity contribution in [2.45, 2.75) is 51.0 Å². The van der Waals surface area contributed by atoms with E-state index in [0.717, 1.165) is 40.2 Å². The highest BCUT2D eigenvalue weighted by atomic mass is 16.5. The number of benzene rings is 3. The molecule has 10 heteroatoms. The van der Waals surface area contributed by atoms with Crippen molar-refractivity contribution in [1.82, 2.24) is 14.5 Å². The maximum atomic E-state index is 12.0. The summed E-state index contributed by atoms with van der Waals surface area (Å²) in [6.45, 7) is 1.45. The second-order valence-corrected chi connectivity index (χ2v) is 11.7. The predicted octanol–water partition coefficient (Wildman–Crippen LogP) is 5.62. The van der Waals surface area contributed by atoms with Crippen LogP contribution in [0.15, 0.2) is 66.7 Å². The van der Waals surface area contributed by atoms with Crippen LogP contribution >= 0.6 is 0 Å². The van der Waals surface area contributed by atoms with Crippen LogP contribution in [0, 0.1) is 11.3 Å². The number of hydrogen-bond donors (Lipinski definition) is 2. The standard InChI is InChI=1S/C36H32N4O6/c1-44-32-16-26(36(42)43)15-30-35(32)39-33(40(30)19-27-11-12-45-27)17-23-7-8-24-14-22(23)9-10-31(41)28-13-21(18-37)5-6-25(28)20-46-34-4-2-3-29(24)38-34/h2-8,13-16,27,31,41H,9-12,17,19-20H2,1H3,(H,42,43)/t27-,31?/m0/s1. The molecule has 2 aliphatic rings. The Morgan fingerprint density at radius 1 is 1.09 bits per heavy atom. The summed E-state index contributed by atoms with van der Waals surface area (Å²) in [6, 6.07) is 22.4. The third-order valence-electron chi connectivity index (χ3n) is 8.82. The Hall–Kier alpha value is -5.24. The monoisotopic (exact) mass is 616 g/mol. The molecule has 1 unspecified atom stereocenters. The number of aromatic nitrogens is 3. The van der Waals surface area contributed by atoms with Gasteiger partial charge in [0.1, 0.15) is 23.7 Å². The molecule has 10 nitrogen and oxygen atoms in total. The van der Waals surface area contributed by atoms with Gasteiger partial charge in [0, 0.05) is 24.7 Å². The summed E-state index contributed by atoms with van der Waals surface area (Å²) >= 11 is 0. The van der Waals surface area contributed by atoms with Crippen LogP contribution in [0.5, 0.6) is 11.6 Å². The summed E-state index contributed by atoms with van der Waals surface area (Å²) in [4.78, 5) is 21.7. The molecule has 0 spiro atoms. The van der Waals surface area contributed by atoms with E-state index in [9.17, 15) is 20.3 Å². The van der Waals surface area contributed by atoms with Gasteiger partial charge in [-0.25, -0.2) is 14.8 Å². The zero-order chi connectivity index (χ0) is 31.8. The van der Waals surface area contributed by atoms with E-state index in [4.69, 9.17) is 24.2 Å². The lowest BCUT2D eigenvalue weighted by Gasteiger charge is -2.27. The normalized spacial score (nSPS) is 17.3. The zero-order valence-electron chi connectivity index (χ0n) is 25.3. The number of carboxylic acid groups (broad SMARTS) is 1. The van der Waals surface area contributed by atoms with E-state index < -0.39 is 12.1 Å². The van der Waals surface area contributed by atoms with Gasteiger partial charge in [-0.05, 0) is 77.9 Å². The fourth-order valence-electron chi connectivity index (χ4n) is 6.21. The molecule has 0 radical (unpaired) electrons. The molecule has 5 aromatic rings. The molecule has 1 saturated heterocycles. The number of fused-ring (bicyclic) bond motifs is 7. The number of aliphatic hydroxyl groups is 1. The van der Waals surface area contributed by atoms with Crippen LogP contribution in [0.2, 0.25) is 0 Å². The number of carboxylic acids is 1. The Morgan fingerprint density at radius 3 is 2.72 bits per heavy atom. The van der Waals surface area contributed by atoms with Crippen molar-refractivity contribution in [3.63, 3.8) is 0 Å². The summed E-state index contributed by atoms with van der Waals surface area (Å²) in [5.74, 6) is 0.587. The number of methoxy groups -OCH3 is 1. The smallest absolute Gasteiger partial charge is 0.335 e. The van der Waals surface area contributed by atoms with Crippen LogP contribution < -0.4 is 9.47 Å². The second kappa shape index (κ2) is 12.3. The lowest BCUT2D eigenvalue weighted by atomic mass is 9.92. The minimum atomic E-state index is -1.04. The van der Waals surface area contributed by atoms with Crippen LogP contribution in [0.25, 0.3) is 22.3 Å². The first-order valence-corrected chi connectivity index (χ1v) is 15.2. The van der Waals surface area contributed by atoms with Crippen LogP contribution in [-0.4, -0.2) is 50.5 Å². The van der Waals surface area contributed by atoms with Crippen molar-refractivity contribution in [3.05, 3.63) is 106 Å². The van der Waals surface area contributed by atoms with E-state index >= 15 is 0 Å². The van der Waals surface area contributed by atoms with Crippen molar-refractivity contribution in [2.24, 2.45) is 0 Å². The molecule has 4 heterocycles. The number of aryl methyl sites for hydroxylation is 1. The van der Waals surface area contributed by atoms with Crippen LogP contribution in [0.1, 0.15) is 62.9 Å². The number of nitriles is 1. The molecule has 4 bridgehead atoms. The molecular formula is C36H32N4O6. The van der Waals surface area contributed by atoms with Crippen molar-refractivity contribution < 1.29 is 29.2 Å². The Labute approximate surface area is 265 Å². The van der Waals surface area contributed by atoms with Crippen molar-refractivity contribution >= 4 is 17.0 Å². The number of aliphatic hydroxyl groups excluding tert-OH is 1. The SMILES string of the molecule is COc1cc(C(=O)O)cc2c1nc(Cc1ccc3cc1CCC(O)c1cc(C#N)ccc1COc1cccc-3n1)n2C[C@@H]1CCO1. The van der Waals surface area contributed by atoms with E-state index in [1.165, 1.54) is 13.2 Å². The molecular weight excluding hydrogens is 584 g/mol. The van der Waals surface area contributed by atoms with Crippen LogP contribution in [0.3, 0.4) is 0 Å². The number of pyridine rings is 1. The Morgan fingerprint density at radius 2 is 1.96 bits per heavy atom. The predicted molar refractivity (Wildman–Crippen MR) is 169 cm³/mol. The number of aromatic carboxylic acids is 1. The largest absolute Gasteiger partial charge is 0.494 e. The number of rotatable bonds is 6. The average molecular weight is 617 g/mol. The summed E-state index contributed by atoms with van der Waals surface area (Å²) < 4.78 is 19.4. The molecule has 1 fully saturated rings.